The number of nitrogens with zero attached hydrogens (tertiary/aromatic N) is 2. The zero-order valence-electron chi connectivity index (χ0n) is 15.3. The Labute approximate surface area is 150 Å². The van der Waals surface area contributed by atoms with Crippen molar-refractivity contribution in [1.29, 1.82) is 0 Å². The van der Waals surface area contributed by atoms with Gasteiger partial charge in [0.2, 0.25) is 0 Å². The summed E-state index contributed by atoms with van der Waals surface area (Å²) < 4.78 is 6.00. The van der Waals surface area contributed by atoms with Gasteiger partial charge in [0.1, 0.15) is 12.1 Å². The van der Waals surface area contributed by atoms with E-state index in [2.05, 4.69) is 43.0 Å². The van der Waals surface area contributed by atoms with Crippen LogP contribution in [0.3, 0.4) is 0 Å². The van der Waals surface area contributed by atoms with E-state index in [0.717, 1.165) is 50.2 Å². The number of ether oxygens (including phenoxy) is 1. The summed E-state index contributed by atoms with van der Waals surface area (Å²) in [7, 11) is 0. The standard InChI is InChI=1S/C21H28N2O2/c1-14-6-20(7-15(2)10-22(20)9-14)13-25-19(24)21-8-16(3)11-23(21)12-17(4)18(21)5/h18H,1-4,6-13H2,5H3. The molecule has 4 rings (SSSR count). The number of fused-ring (bicyclic) bond motifs is 2. The first-order chi connectivity index (χ1) is 11.8. The molecular formula is C21H28N2O2. The highest BCUT2D eigenvalue weighted by Crippen LogP contribution is 2.48. The second kappa shape index (κ2) is 5.42. The van der Waals surface area contributed by atoms with Crippen molar-refractivity contribution in [2.24, 2.45) is 5.92 Å². The van der Waals surface area contributed by atoms with Crippen molar-refractivity contribution in [3.8, 4) is 0 Å². The fraction of sp³-hybridized carbons (Fsp3) is 0.571. The number of esters is 1. The number of carbonyl (C=O) groups excluding carboxylic acids is 1. The molecule has 4 aliphatic heterocycles. The topological polar surface area (TPSA) is 32.8 Å². The average molecular weight is 340 g/mol. The normalized spacial score (nSPS) is 34.7. The molecule has 134 valence electrons. The van der Waals surface area contributed by atoms with E-state index >= 15 is 0 Å². The lowest BCUT2D eigenvalue weighted by atomic mass is 9.82. The van der Waals surface area contributed by atoms with Crippen LogP contribution < -0.4 is 0 Å². The van der Waals surface area contributed by atoms with Gasteiger partial charge in [0.25, 0.3) is 0 Å². The van der Waals surface area contributed by atoms with Crippen molar-refractivity contribution >= 4 is 5.97 Å². The first-order valence-electron chi connectivity index (χ1n) is 9.12. The van der Waals surface area contributed by atoms with Gasteiger partial charge in [-0.3, -0.25) is 14.6 Å². The Kier molecular flexibility index (Phi) is 3.64. The van der Waals surface area contributed by atoms with Crippen molar-refractivity contribution < 1.29 is 9.53 Å². The van der Waals surface area contributed by atoms with Crippen LogP contribution in [0.4, 0.5) is 0 Å². The fourth-order valence-electron chi connectivity index (χ4n) is 5.46. The van der Waals surface area contributed by atoms with E-state index in [4.69, 9.17) is 4.74 Å². The highest BCUT2D eigenvalue weighted by Gasteiger charge is 2.59. The van der Waals surface area contributed by atoms with Gasteiger partial charge in [-0.2, -0.15) is 0 Å². The van der Waals surface area contributed by atoms with Gasteiger partial charge in [0, 0.05) is 32.1 Å². The lowest BCUT2D eigenvalue weighted by molar-refractivity contribution is -0.160. The van der Waals surface area contributed by atoms with Crippen molar-refractivity contribution in [2.45, 2.75) is 37.3 Å². The van der Waals surface area contributed by atoms with Crippen molar-refractivity contribution in [3.05, 3.63) is 48.6 Å². The van der Waals surface area contributed by atoms with Crippen LogP contribution in [0.2, 0.25) is 0 Å². The van der Waals surface area contributed by atoms with Crippen LogP contribution in [0.1, 0.15) is 26.2 Å². The van der Waals surface area contributed by atoms with Crippen LogP contribution in [0, 0.1) is 5.92 Å². The molecule has 4 heterocycles. The molecular weight excluding hydrogens is 312 g/mol. The molecule has 0 saturated carbocycles. The van der Waals surface area contributed by atoms with Gasteiger partial charge in [0.15, 0.2) is 0 Å². The van der Waals surface area contributed by atoms with Gasteiger partial charge in [-0.25, -0.2) is 0 Å². The summed E-state index contributed by atoms with van der Waals surface area (Å²) in [5.74, 6) is -0.00779. The largest absolute Gasteiger partial charge is 0.462 e. The van der Waals surface area contributed by atoms with E-state index in [-0.39, 0.29) is 17.4 Å². The number of rotatable bonds is 3. The fourth-order valence-corrected chi connectivity index (χ4v) is 5.46. The van der Waals surface area contributed by atoms with E-state index in [1.807, 2.05) is 0 Å². The molecule has 4 heteroatoms. The molecule has 4 nitrogen and oxygen atoms in total. The first-order valence-corrected chi connectivity index (χ1v) is 9.12. The number of hydrogen-bond donors (Lipinski definition) is 0. The first kappa shape index (κ1) is 16.8. The maximum atomic E-state index is 13.2. The van der Waals surface area contributed by atoms with Crippen LogP contribution >= 0.6 is 0 Å². The van der Waals surface area contributed by atoms with Crippen molar-refractivity contribution in [2.75, 3.05) is 32.8 Å². The molecule has 0 spiro atoms. The predicted molar refractivity (Wildman–Crippen MR) is 99.1 cm³/mol. The SMILES string of the molecule is C=C1CN2CC(=C)CC2(COC(=O)C23CC(=C)CN2CC(=C)C3C)C1. The van der Waals surface area contributed by atoms with E-state index < -0.39 is 5.54 Å². The Balaban J connectivity index is 1.54. The highest BCUT2D eigenvalue weighted by molar-refractivity contribution is 5.84. The van der Waals surface area contributed by atoms with Gasteiger partial charge >= 0.3 is 5.97 Å². The van der Waals surface area contributed by atoms with Gasteiger partial charge in [-0.1, -0.05) is 55.5 Å². The lowest BCUT2D eigenvalue weighted by Crippen LogP contribution is -2.52. The second-order valence-corrected chi connectivity index (χ2v) is 8.60. The lowest BCUT2D eigenvalue weighted by Gasteiger charge is -2.36. The molecule has 4 fully saturated rings. The number of hydrogen-bond acceptors (Lipinski definition) is 4. The Morgan fingerprint density at radius 3 is 2.20 bits per heavy atom. The van der Waals surface area contributed by atoms with Gasteiger partial charge in [0.05, 0.1) is 5.54 Å². The summed E-state index contributed by atoms with van der Waals surface area (Å²) in [6.07, 6.45) is 2.47. The Hall–Kier alpha value is -1.65. The third-order valence-electron chi connectivity index (χ3n) is 6.70. The maximum absolute atomic E-state index is 13.2. The zero-order valence-corrected chi connectivity index (χ0v) is 15.3. The summed E-state index contributed by atoms with van der Waals surface area (Å²) >= 11 is 0. The summed E-state index contributed by atoms with van der Waals surface area (Å²) in [5.41, 5.74) is 3.95. The molecule has 4 saturated heterocycles. The second-order valence-electron chi connectivity index (χ2n) is 8.60. The molecule has 0 amide bonds. The Morgan fingerprint density at radius 1 is 1.00 bits per heavy atom. The molecule has 0 aromatic carbocycles. The number of carbonyl (C=O) groups is 1. The molecule has 0 N–H and O–H groups in total. The molecule has 0 bridgehead atoms. The molecule has 2 unspecified atom stereocenters. The Bertz CT molecular complexity index is 687. The summed E-state index contributed by atoms with van der Waals surface area (Å²) in [6.45, 7) is 22.4. The third kappa shape index (κ3) is 2.31. The van der Waals surface area contributed by atoms with E-state index in [1.165, 1.54) is 11.1 Å². The Morgan fingerprint density at radius 2 is 1.56 bits per heavy atom. The van der Waals surface area contributed by atoms with E-state index in [9.17, 15) is 4.79 Å². The smallest absolute Gasteiger partial charge is 0.327 e. The minimum Gasteiger partial charge on any atom is -0.462 e. The highest BCUT2D eigenvalue weighted by atomic mass is 16.5. The minimum absolute atomic E-state index is 0.102. The summed E-state index contributed by atoms with van der Waals surface area (Å²) in [4.78, 5) is 17.8. The minimum atomic E-state index is -0.596. The molecule has 25 heavy (non-hydrogen) atoms. The molecule has 0 aromatic rings. The summed E-state index contributed by atoms with van der Waals surface area (Å²) in [6, 6.07) is 0. The van der Waals surface area contributed by atoms with Crippen LogP contribution in [0.25, 0.3) is 0 Å². The quantitative estimate of drug-likeness (QED) is 0.584. The van der Waals surface area contributed by atoms with Gasteiger partial charge in [-0.05, 0) is 19.3 Å². The molecule has 2 atom stereocenters. The van der Waals surface area contributed by atoms with E-state index in [0.29, 0.717) is 13.0 Å². The zero-order chi connectivity index (χ0) is 18.0. The van der Waals surface area contributed by atoms with Crippen LogP contribution in [-0.4, -0.2) is 59.6 Å². The monoisotopic (exact) mass is 340 g/mol. The summed E-state index contributed by atoms with van der Waals surface area (Å²) in [5, 5.41) is 0. The van der Waals surface area contributed by atoms with Crippen LogP contribution in [0.5, 0.6) is 0 Å². The van der Waals surface area contributed by atoms with Crippen molar-refractivity contribution in [1.82, 2.24) is 9.80 Å². The van der Waals surface area contributed by atoms with Crippen molar-refractivity contribution in [3.63, 3.8) is 0 Å². The predicted octanol–water partition coefficient (Wildman–Crippen LogP) is 2.70. The average Bonchev–Trinajstić information content (AvgIpc) is 3.16. The maximum Gasteiger partial charge on any atom is 0.327 e. The van der Waals surface area contributed by atoms with Gasteiger partial charge < -0.3 is 4.74 Å². The molecule has 4 aliphatic rings. The van der Waals surface area contributed by atoms with Crippen LogP contribution in [-0.2, 0) is 9.53 Å². The van der Waals surface area contributed by atoms with E-state index in [1.54, 1.807) is 0 Å². The molecule has 0 aromatic heterocycles. The molecule has 0 radical (unpaired) electrons. The van der Waals surface area contributed by atoms with Gasteiger partial charge in [-0.15, -0.1) is 0 Å². The molecule has 0 aliphatic carbocycles. The van der Waals surface area contributed by atoms with Crippen LogP contribution in [0.15, 0.2) is 48.6 Å². The third-order valence-corrected chi connectivity index (χ3v) is 6.70.